The van der Waals surface area contributed by atoms with Gasteiger partial charge in [0.15, 0.2) is 0 Å². The van der Waals surface area contributed by atoms with Gasteiger partial charge in [-0.15, -0.1) is 0 Å². The number of benzene rings is 2. The van der Waals surface area contributed by atoms with E-state index in [0.717, 1.165) is 24.8 Å². The van der Waals surface area contributed by atoms with Crippen LogP contribution in [-0.2, 0) is 4.79 Å². The van der Waals surface area contributed by atoms with E-state index in [2.05, 4.69) is 5.32 Å². The zero-order valence-electron chi connectivity index (χ0n) is 15.3. The molecule has 0 spiro atoms. The summed E-state index contributed by atoms with van der Waals surface area (Å²) in [4.78, 5) is 37.6. The summed E-state index contributed by atoms with van der Waals surface area (Å²) in [6.45, 7) is 1.33. The molecule has 3 rings (SSSR count). The van der Waals surface area contributed by atoms with Crippen molar-refractivity contribution in [3.63, 3.8) is 0 Å². The highest BCUT2D eigenvalue weighted by Crippen LogP contribution is 2.16. The van der Waals surface area contributed by atoms with Gasteiger partial charge in [-0.2, -0.15) is 0 Å². The van der Waals surface area contributed by atoms with Crippen LogP contribution < -0.4 is 5.32 Å². The van der Waals surface area contributed by atoms with E-state index < -0.39 is 10.8 Å². The van der Waals surface area contributed by atoms with Gasteiger partial charge in [0.1, 0.15) is 5.70 Å². The van der Waals surface area contributed by atoms with Crippen LogP contribution in [0.5, 0.6) is 0 Å². The maximum Gasteiger partial charge on any atom is 0.270 e. The van der Waals surface area contributed by atoms with Gasteiger partial charge in [0.05, 0.1) is 4.92 Å². The number of nitro groups is 1. The molecule has 1 aliphatic heterocycles. The highest BCUT2D eigenvalue weighted by Gasteiger charge is 2.22. The molecule has 0 bridgehead atoms. The number of nitro benzene ring substituents is 1. The molecular weight excluding hydrogens is 358 g/mol. The third-order valence-electron chi connectivity index (χ3n) is 4.57. The van der Waals surface area contributed by atoms with Crippen molar-refractivity contribution in [3.05, 3.63) is 81.5 Å². The first-order valence-corrected chi connectivity index (χ1v) is 9.16. The summed E-state index contributed by atoms with van der Waals surface area (Å²) in [5.74, 6) is -0.707. The Morgan fingerprint density at radius 2 is 1.61 bits per heavy atom. The van der Waals surface area contributed by atoms with Crippen molar-refractivity contribution in [2.24, 2.45) is 0 Å². The van der Waals surface area contributed by atoms with Crippen molar-refractivity contribution in [1.29, 1.82) is 0 Å². The van der Waals surface area contributed by atoms with Crippen molar-refractivity contribution in [1.82, 2.24) is 10.2 Å². The fraction of sp³-hybridized carbons (Fsp3) is 0.238. The molecule has 0 atom stereocenters. The Hall–Kier alpha value is -3.48. The number of amides is 2. The first kappa shape index (κ1) is 19.3. The van der Waals surface area contributed by atoms with Gasteiger partial charge in [-0.3, -0.25) is 19.7 Å². The lowest BCUT2D eigenvalue weighted by Gasteiger charge is -2.27. The van der Waals surface area contributed by atoms with Crippen LogP contribution in [-0.4, -0.2) is 34.7 Å². The molecule has 1 heterocycles. The van der Waals surface area contributed by atoms with Gasteiger partial charge in [-0.25, -0.2) is 0 Å². The minimum Gasteiger partial charge on any atom is -0.337 e. The molecule has 0 saturated carbocycles. The van der Waals surface area contributed by atoms with Crippen LogP contribution >= 0.6 is 0 Å². The van der Waals surface area contributed by atoms with Crippen molar-refractivity contribution in [2.75, 3.05) is 13.1 Å². The summed E-state index contributed by atoms with van der Waals surface area (Å²) >= 11 is 0. The van der Waals surface area contributed by atoms with Crippen LogP contribution in [0.3, 0.4) is 0 Å². The van der Waals surface area contributed by atoms with Gasteiger partial charge in [-0.1, -0.05) is 30.3 Å². The van der Waals surface area contributed by atoms with Crippen molar-refractivity contribution < 1.29 is 14.5 Å². The van der Waals surface area contributed by atoms with E-state index in [1.165, 1.54) is 24.3 Å². The number of rotatable bonds is 5. The van der Waals surface area contributed by atoms with Crippen LogP contribution in [0.2, 0.25) is 0 Å². The Kier molecular flexibility index (Phi) is 6.16. The molecule has 28 heavy (non-hydrogen) atoms. The second-order valence-electron chi connectivity index (χ2n) is 6.58. The molecule has 0 unspecified atom stereocenters. The van der Waals surface area contributed by atoms with Crippen LogP contribution in [0.15, 0.2) is 60.3 Å². The molecule has 1 fully saturated rings. The normalized spacial score (nSPS) is 14.4. The average Bonchev–Trinajstić information content (AvgIpc) is 2.74. The summed E-state index contributed by atoms with van der Waals surface area (Å²) < 4.78 is 0. The van der Waals surface area contributed by atoms with E-state index >= 15 is 0 Å². The van der Waals surface area contributed by atoms with Crippen LogP contribution in [0.1, 0.15) is 35.2 Å². The molecule has 1 aliphatic rings. The van der Waals surface area contributed by atoms with Crippen molar-refractivity contribution in [3.8, 4) is 0 Å². The molecule has 0 aliphatic carbocycles. The number of nitrogens with one attached hydrogen (secondary N) is 1. The predicted octanol–water partition coefficient (Wildman–Crippen LogP) is 3.38. The monoisotopic (exact) mass is 379 g/mol. The number of hydrogen-bond acceptors (Lipinski definition) is 4. The fourth-order valence-corrected chi connectivity index (χ4v) is 3.06. The Bertz CT molecular complexity index is 886. The number of non-ortho nitro benzene ring substituents is 1. The molecule has 2 aromatic rings. The van der Waals surface area contributed by atoms with E-state index in [-0.39, 0.29) is 22.9 Å². The first-order valence-electron chi connectivity index (χ1n) is 9.16. The lowest BCUT2D eigenvalue weighted by Crippen LogP contribution is -2.41. The van der Waals surface area contributed by atoms with Gasteiger partial charge < -0.3 is 10.2 Å². The molecule has 1 N–H and O–H groups in total. The number of nitrogens with zero attached hydrogens (tertiary/aromatic N) is 2. The van der Waals surface area contributed by atoms with Gasteiger partial charge >= 0.3 is 0 Å². The molecular formula is C21H21N3O4. The maximum atomic E-state index is 13.0. The minimum absolute atomic E-state index is 0.0963. The van der Waals surface area contributed by atoms with E-state index in [1.807, 2.05) is 30.3 Å². The van der Waals surface area contributed by atoms with Gasteiger partial charge in [0.2, 0.25) is 0 Å². The van der Waals surface area contributed by atoms with E-state index in [0.29, 0.717) is 13.1 Å². The molecule has 7 nitrogen and oxygen atoms in total. The Labute approximate surface area is 162 Å². The minimum atomic E-state index is -0.525. The van der Waals surface area contributed by atoms with Crippen LogP contribution in [0.25, 0.3) is 6.08 Å². The van der Waals surface area contributed by atoms with E-state index in [4.69, 9.17) is 0 Å². The SMILES string of the molecule is O=C(N/C(=C\c1ccccc1)C(=O)N1CCCCC1)c1ccc([N+](=O)[O-])cc1. The standard InChI is InChI=1S/C21H21N3O4/c25-20(17-9-11-18(12-10-17)24(27)28)22-19(15-16-7-3-1-4-8-16)21(26)23-13-5-2-6-14-23/h1,3-4,7-12,15H,2,5-6,13-14H2,(H,22,25)/b19-15-. The zero-order valence-corrected chi connectivity index (χ0v) is 15.3. The number of likely N-dealkylation sites (tertiary alicyclic amines) is 1. The van der Waals surface area contributed by atoms with Gasteiger partial charge in [0, 0.05) is 30.8 Å². The quantitative estimate of drug-likeness (QED) is 0.490. The largest absolute Gasteiger partial charge is 0.337 e. The third kappa shape index (κ3) is 4.82. The molecule has 2 aromatic carbocycles. The first-order chi connectivity index (χ1) is 13.5. The predicted molar refractivity (Wildman–Crippen MR) is 105 cm³/mol. The van der Waals surface area contributed by atoms with E-state index in [9.17, 15) is 19.7 Å². The molecule has 7 heteroatoms. The summed E-state index contributed by atoms with van der Waals surface area (Å²) in [7, 11) is 0. The van der Waals surface area contributed by atoms with Crippen molar-refractivity contribution in [2.45, 2.75) is 19.3 Å². The third-order valence-corrected chi connectivity index (χ3v) is 4.57. The molecule has 144 valence electrons. The van der Waals surface area contributed by atoms with E-state index in [1.54, 1.807) is 11.0 Å². The fourth-order valence-electron chi connectivity index (χ4n) is 3.06. The van der Waals surface area contributed by atoms with Crippen molar-refractivity contribution >= 4 is 23.6 Å². The summed E-state index contributed by atoms with van der Waals surface area (Å²) in [6.07, 6.45) is 4.64. The van der Waals surface area contributed by atoms with Crippen LogP contribution in [0, 0.1) is 10.1 Å². The number of piperidine rings is 1. The highest BCUT2D eigenvalue weighted by atomic mass is 16.6. The zero-order chi connectivity index (χ0) is 19.9. The second-order valence-corrected chi connectivity index (χ2v) is 6.58. The number of hydrogen-bond donors (Lipinski definition) is 1. The Morgan fingerprint density at radius 3 is 2.21 bits per heavy atom. The number of carbonyl (C=O) groups excluding carboxylic acids is 2. The van der Waals surface area contributed by atoms with Gasteiger partial charge in [-0.05, 0) is 43.0 Å². The molecule has 0 aromatic heterocycles. The van der Waals surface area contributed by atoms with Gasteiger partial charge in [0.25, 0.3) is 17.5 Å². The highest BCUT2D eigenvalue weighted by molar-refractivity contribution is 6.05. The Balaban J connectivity index is 1.83. The smallest absolute Gasteiger partial charge is 0.270 e. The topological polar surface area (TPSA) is 92.6 Å². The number of carbonyl (C=O) groups is 2. The molecule has 1 saturated heterocycles. The molecule has 2 amide bonds. The lowest BCUT2D eigenvalue weighted by molar-refractivity contribution is -0.384. The summed E-state index contributed by atoms with van der Waals surface area (Å²) in [6, 6.07) is 14.6. The molecule has 0 radical (unpaired) electrons. The summed E-state index contributed by atoms with van der Waals surface area (Å²) in [5, 5.41) is 13.5. The average molecular weight is 379 g/mol. The maximum absolute atomic E-state index is 13.0. The second kappa shape index (κ2) is 8.94. The summed E-state index contributed by atoms with van der Waals surface area (Å²) in [5.41, 5.74) is 1.14. The van der Waals surface area contributed by atoms with Crippen LogP contribution in [0.4, 0.5) is 5.69 Å². The lowest BCUT2D eigenvalue weighted by atomic mass is 10.1. The Morgan fingerprint density at radius 1 is 0.964 bits per heavy atom.